The first kappa shape index (κ1) is 19.2. The molecule has 0 bridgehead atoms. The lowest BCUT2D eigenvalue weighted by atomic mass is 10.1. The standard InChI is InChI=1S/C18H18Cl2N2O3/c1-25-10-4-9-21-17(23)14-5-2-3-6-16(14)22-18(24)13-8-7-12(19)11-15(13)20/h2-3,5-8,11H,4,9-10H2,1H3,(H,21,23)(H,22,24). The molecule has 0 unspecified atom stereocenters. The lowest BCUT2D eigenvalue weighted by Crippen LogP contribution is -2.26. The van der Waals surface area contributed by atoms with Gasteiger partial charge < -0.3 is 15.4 Å². The molecule has 25 heavy (non-hydrogen) atoms. The van der Waals surface area contributed by atoms with E-state index in [1.165, 1.54) is 12.1 Å². The minimum absolute atomic E-state index is 0.242. The lowest BCUT2D eigenvalue weighted by molar-refractivity contribution is 0.0949. The van der Waals surface area contributed by atoms with Gasteiger partial charge in [0.2, 0.25) is 0 Å². The summed E-state index contributed by atoms with van der Waals surface area (Å²) in [6.45, 7) is 1.05. The number of nitrogens with one attached hydrogen (secondary N) is 2. The van der Waals surface area contributed by atoms with Crippen molar-refractivity contribution in [2.45, 2.75) is 6.42 Å². The smallest absolute Gasteiger partial charge is 0.257 e. The number of rotatable bonds is 7. The van der Waals surface area contributed by atoms with Crippen molar-refractivity contribution in [2.24, 2.45) is 0 Å². The molecule has 7 heteroatoms. The van der Waals surface area contributed by atoms with Crippen LogP contribution in [0.3, 0.4) is 0 Å². The number of hydrogen-bond acceptors (Lipinski definition) is 3. The Labute approximate surface area is 156 Å². The Morgan fingerprint density at radius 2 is 1.80 bits per heavy atom. The fourth-order valence-electron chi connectivity index (χ4n) is 2.17. The van der Waals surface area contributed by atoms with Crippen LogP contribution in [0.15, 0.2) is 42.5 Å². The molecule has 0 radical (unpaired) electrons. The number of carbonyl (C=O) groups excluding carboxylic acids is 2. The van der Waals surface area contributed by atoms with Crippen molar-refractivity contribution >= 4 is 40.7 Å². The molecular formula is C18H18Cl2N2O3. The highest BCUT2D eigenvalue weighted by Gasteiger charge is 2.15. The van der Waals surface area contributed by atoms with Gasteiger partial charge in [0.1, 0.15) is 0 Å². The van der Waals surface area contributed by atoms with E-state index in [0.29, 0.717) is 35.8 Å². The second-order valence-electron chi connectivity index (χ2n) is 5.23. The van der Waals surface area contributed by atoms with Gasteiger partial charge in [0.25, 0.3) is 11.8 Å². The fraction of sp³-hybridized carbons (Fsp3) is 0.222. The van der Waals surface area contributed by atoms with E-state index in [2.05, 4.69) is 10.6 Å². The Kier molecular flexibility index (Phi) is 7.25. The quantitative estimate of drug-likeness (QED) is 0.712. The number of amides is 2. The average Bonchev–Trinajstić information content (AvgIpc) is 2.59. The van der Waals surface area contributed by atoms with Crippen LogP contribution in [-0.2, 0) is 4.74 Å². The molecule has 2 N–H and O–H groups in total. The van der Waals surface area contributed by atoms with E-state index in [4.69, 9.17) is 27.9 Å². The Hall–Kier alpha value is -2.08. The van der Waals surface area contributed by atoms with E-state index in [0.717, 1.165) is 0 Å². The summed E-state index contributed by atoms with van der Waals surface area (Å²) in [6.07, 6.45) is 0.706. The first-order chi connectivity index (χ1) is 12.0. The number of carbonyl (C=O) groups is 2. The summed E-state index contributed by atoms with van der Waals surface area (Å²) >= 11 is 11.9. The van der Waals surface area contributed by atoms with Crippen LogP contribution in [0.1, 0.15) is 27.1 Å². The zero-order valence-electron chi connectivity index (χ0n) is 13.6. The largest absolute Gasteiger partial charge is 0.385 e. The van der Waals surface area contributed by atoms with E-state index >= 15 is 0 Å². The number of hydrogen-bond donors (Lipinski definition) is 2. The van der Waals surface area contributed by atoms with Crippen molar-refractivity contribution < 1.29 is 14.3 Å². The van der Waals surface area contributed by atoms with Crippen LogP contribution in [0.4, 0.5) is 5.69 Å². The van der Waals surface area contributed by atoms with Crippen LogP contribution in [0.2, 0.25) is 10.0 Å². The summed E-state index contributed by atoms with van der Waals surface area (Å²) in [5, 5.41) is 6.19. The molecule has 0 saturated carbocycles. The van der Waals surface area contributed by atoms with Gasteiger partial charge in [0.15, 0.2) is 0 Å². The van der Waals surface area contributed by atoms with Gasteiger partial charge in [-0.2, -0.15) is 0 Å². The molecule has 0 heterocycles. The molecule has 0 saturated heterocycles. The van der Waals surface area contributed by atoms with Gasteiger partial charge in [-0.15, -0.1) is 0 Å². The molecule has 0 aliphatic heterocycles. The van der Waals surface area contributed by atoms with E-state index in [9.17, 15) is 9.59 Å². The third kappa shape index (κ3) is 5.46. The molecule has 2 aromatic carbocycles. The normalized spacial score (nSPS) is 10.4. The van der Waals surface area contributed by atoms with Crippen molar-refractivity contribution in [3.05, 3.63) is 63.6 Å². The molecule has 2 aromatic rings. The number of anilines is 1. The van der Waals surface area contributed by atoms with Crippen molar-refractivity contribution in [1.82, 2.24) is 5.32 Å². The minimum Gasteiger partial charge on any atom is -0.385 e. The molecule has 0 aromatic heterocycles. The van der Waals surface area contributed by atoms with E-state index in [-0.39, 0.29) is 16.5 Å². The van der Waals surface area contributed by atoms with Crippen LogP contribution >= 0.6 is 23.2 Å². The molecule has 0 spiro atoms. The summed E-state index contributed by atoms with van der Waals surface area (Å²) in [5.41, 5.74) is 1.06. The van der Waals surface area contributed by atoms with Crippen molar-refractivity contribution in [3.8, 4) is 0 Å². The number of para-hydroxylation sites is 1. The monoisotopic (exact) mass is 380 g/mol. The third-order valence-corrected chi connectivity index (χ3v) is 3.95. The molecular weight excluding hydrogens is 363 g/mol. The van der Waals surface area contributed by atoms with Crippen LogP contribution < -0.4 is 10.6 Å². The number of halogens is 2. The van der Waals surface area contributed by atoms with Gasteiger partial charge in [-0.3, -0.25) is 9.59 Å². The van der Waals surface area contributed by atoms with E-state index in [1.807, 2.05) is 0 Å². The maximum atomic E-state index is 12.4. The second-order valence-corrected chi connectivity index (χ2v) is 6.07. The third-order valence-electron chi connectivity index (χ3n) is 3.41. The zero-order chi connectivity index (χ0) is 18.2. The van der Waals surface area contributed by atoms with Crippen molar-refractivity contribution in [2.75, 3.05) is 25.6 Å². The maximum Gasteiger partial charge on any atom is 0.257 e. The number of ether oxygens (including phenoxy) is 1. The van der Waals surface area contributed by atoms with E-state index < -0.39 is 5.91 Å². The predicted octanol–water partition coefficient (Wildman–Crippen LogP) is 4.01. The summed E-state index contributed by atoms with van der Waals surface area (Å²) < 4.78 is 4.94. The highest BCUT2D eigenvalue weighted by atomic mass is 35.5. The van der Waals surface area contributed by atoms with Crippen LogP contribution in [0.25, 0.3) is 0 Å². The second kappa shape index (κ2) is 9.42. The summed E-state index contributed by atoms with van der Waals surface area (Å²) in [5.74, 6) is -0.685. The fourth-order valence-corrected chi connectivity index (χ4v) is 2.66. The first-order valence-corrected chi connectivity index (χ1v) is 8.41. The van der Waals surface area contributed by atoms with Gasteiger partial charge in [-0.05, 0) is 36.8 Å². The summed E-state index contributed by atoms with van der Waals surface area (Å²) in [4.78, 5) is 24.7. The number of benzene rings is 2. The van der Waals surface area contributed by atoms with E-state index in [1.54, 1.807) is 37.4 Å². The molecule has 0 fully saturated rings. The molecule has 0 atom stereocenters. The molecule has 0 aliphatic carbocycles. The molecule has 5 nitrogen and oxygen atoms in total. The Bertz CT molecular complexity index is 766. The van der Waals surface area contributed by atoms with Crippen molar-refractivity contribution in [1.29, 1.82) is 0 Å². The molecule has 132 valence electrons. The van der Waals surface area contributed by atoms with Gasteiger partial charge in [0, 0.05) is 25.3 Å². The van der Waals surface area contributed by atoms with Gasteiger partial charge >= 0.3 is 0 Å². The Morgan fingerprint density at radius 1 is 1.04 bits per heavy atom. The topological polar surface area (TPSA) is 67.4 Å². The summed E-state index contributed by atoms with van der Waals surface area (Å²) in [7, 11) is 1.61. The molecule has 2 rings (SSSR count). The zero-order valence-corrected chi connectivity index (χ0v) is 15.2. The highest BCUT2D eigenvalue weighted by Crippen LogP contribution is 2.23. The predicted molar refractivity (Wildman–Crippen MR) is 99.7 cm³/mol. The van der Waals surface area contributed by atoms with Crippen LogP contribution in [0, 0.1) is 0 Å². The highest BCUT2D eigenvalue weighted by molar-refractivity contribution is 6.37. The minimum atomic E-state index is -0.415. The average molecular weight is 381 g/mol. The lowest BCUT2D eigenvalue weighted by Gasteiger charge is -2.12. The van der Waals surface area contributed by atoms with Crippen molar-refractivity contribution in [3.63, 3.8) is 0 Å². The molecule has 0 aliphatic rings. The maximum absolute atomic E-state index is 12.4. The Balaban J connectivity index is 2.12. The number of methoxy groups -OCH3 is 1. The SMILES string of the molecule is COCCCNC(=O)c1ccccc1NC(=O)c1ccc(Cl)cc1Cl. The first-order valence-electron chi connectivity index (χ1n) is 7.65. The van der Waals surface area contributed by atoms with Gasteiger partial charge in [0.05, 0.1) is 21.8 Å². The Morgan fingerprint density at radius 3 is 2.52 bits per heavy atom. The summed E-state index contributed by atoms with van der Waals surface area (Å²) in [6, 6.07) is 11.4. The molecule has 2 amide bonds. The van der Waals surface area contributed by atoms with Crippen LogP contribution in [0.5, 0.6) is 0 Å². The van der Waals surface area contributed by atoms with Gasteiger partial charge in [-0.25, -0.2) is 0 Å². The van der Waals surface area contributed by atoms with Gasteiger partial charge in [-0.1, -0.05) is 35.3 Å². The van der Waals surface area contributed by atoms with Crippen LogP contribution in [-0.4, -0.2) is 32.1 Å².